The molecule has 3 atom stereocenters. The molecule has 0 aromatic rings. The molecule has 0 aromatic heterocycles. The number of amides is 1. The van der Waals surface area contributed by atoms with Crippen molar-refractivity contribution in [2.45, 2.75) is 302 Å². The van der Waals surface area contributed by atoms with Crippen LogP contribution in [-0.2, 0) is 14.3 Å². The first-order valence-corrected chi connectivity index (χ1v) is 27.9. The maximum atomic E-state index is 13.2. The predicted molar refractivity (Wildman–Crippen MR) is 278 cm³/mol. The summed E-state index contributed by atoms with van der Waals surface area (Å²) in [5.74, 6) is -0.513. The minimum atomic E-state index is -0.799. The first kappa shape index (κ1) is 61.8. The lowest BCUT2D eigenvalue weighted by atomic mass is 10.0. The molecule has 3 unspecified atom stereocenters. The highest BCUT2D eigenvalue weighted by molar-refractivity contribution is 5.77. The lowest BCUT2D eigenvalue weighted by Crippen LogP contribution is -2.46. The van der Waals surface area contributed by atoms with Crippen LogP contribution in [0.15, 0.2) is 48.6 Å². The molecule has 64 heavy (non-hydrogen) atoms. The Kier molecular flexibility index (Phi) is 50.0. The number of aliphatic hydroxyl groups is 2. The van der Waals surface area contributed by atoms with E-state index in [0.29, 0.717) is 19.3 Å². The molecule has 0 aliphatic carbocycles. The average Bonchev–Trinajstić information content (AvgIpc) is 3.29. The van der Waals surface area contributed by atoms with Crippen LogP contribution >= 0.6 is 0 Å². The number of hydrogen-bond donors (Lipinski definition) is 3. The smallest absolute Gasteiger partial charge is 0.306 e. The Hall–Kier alpha value is -2.18. The van der Waals surface area contributed by atoms with Gasteiger partial charge in [0.1, 0.15) is 6.10 Å². The van der Waals surface area contributed by atoms with Crippen molar-refractivity contribution in [2.75, 3.05) is 6.61 Å². The maximum Gasteiger partial charge on any atom is 0.306 e. The highest BCUT2D eigenvalue weighted by Gasteiger charge is 2.24. The van der Waals surface area contributed by atoms with E-state index in [9.17, 15) is 19.8 Å². The molecule has 0 heterocycles. The number of aliphatic hydroxyl groups excluding tert-OH is 2. The Balaban J connectivity index is 4.63. The highest BCUT2D eigenvalue weighted by Crippen LogP contribution is 2.17. The standard InChI is InChI=1S/C58H107NO5/c1-4-7-10-13-16-19-22-25-28-30-33-36-39-42-45-48-51-58(63)64-54(49-46-43-40-37-34-31-29-26-23-20-17-14-11-8-5-2)52-57(62)59-55(53-60)56(61)50-47-44-41-38-35-32-27-24-21-18-15-12-9-6-3/h17,20,26,28-30,34,37,54-56,60-61H,4-16,18-19,21-25,27,31-33,35-36,38-53H2,1-3H3,(H,59,62)/b20-17-,29-26-,30-28+,37-34-. The highest BCUT2D eigenvalue weighted by atomic mass is 16.5. The third-order valence-corrected chi connectivity index (χ3v) is 12.6. The Morgan fingerprint density at radius 2 is 0.797 bits per heavy atom. The lowest BCUT2D eigenvalue weighted by Gasteiger charge is -2.24. The number of rotatable bonds is 50. The molecule has 0 radical (unpaired) electrons. The van der Waals surface area contributed by atoms with Gasteiger partial charge in [0.2, 0.25) is 5.91 Å². The van der Waals surface area contributed by atoms with Gasteiger partial charge in [-0.1, -0.05) is 230 Å². The Morgan fingerprint density at radius 1 is 0.453 bits per heavy atom. The molecule has 0 saturated carbocycles. The molecule has 0 bridgehead atoms. The summed E-state index contributed by atoms with van der Waals surface area (Å²) in [5.41, 5.74) is 0. The van der Waals surface area contributed by atoms with Gasteiger partial charge in [0.05, 0.1) is 25.2 Å². The van der Waals surface area contributed by atoms with Gasteiger partial charge < -0.3 is 20.3 Å². The molecule has 0 fully saturated rings. The minimum absolute atomic E-state index is 0.0496. The zero-order valence-electron chi connectivity index (χ0n) is 42.7. The number of unbranched alkanes of at least 4 members (excludes halogenated alkanes) is 30. The molecule has 374 valence electrons. The van der Waals surface area contributed by atoms with Crippen LogP contribution in [0, 0.1) is 0 Å². The van der Waals surface area contributed by atoms with Crippen LogP contribution in [-0.4, -0.2) is 46.9 Å². The van der Waals surface area contributed by atoms with E-state index < -0.39 is 18.2 Å². The van der Waals surface area contributed by atoms with Crippen LogP contribution in [0.1, 0.15) is 284 Å². The molecule has 3 N–H and O–H groups in total. The van der Waals surface area contributed by atoms with Gasteiger partial charge in [-0.3, -0.25) is 9.59 Å². The third kappa shape index (κ3) is 46.4. The van der Waals surface area contributed by atoms with E-state index in [0.717, 1.165) is 77.0 Å². The monoisotopic (exact) mass is 898 g/mol. The molecule has 6 heteroatoms. The van der Waals surface area contributed by atoms with Crippen LogP contribution in [0.5, 0.6) is 0 Å². The van der Waals surface area contributed by atoms with Gasteiger partial charge in [0, 0.05) is 6.42 Å². The molecule has 0 aliphatic heterocycles. The number of hydrogen-bond acceptors (Lipinski definition) is 5. The first-order valence-electron chi connectivity index (χ1n) is 27.9. The molecular formula is C58H107NO5. The average molecular weight is 898 g/mol. The Labute approximate surface area is 397 Å². The fraction of sp³-hybridized carbons (Fsp3) is 0.828. The summed E-state index contributed by atoms with van der Waals surface area (Å²) in [7, 11) is 0. The number of carbonyl (C=O) groups excluding carboxylic acids is 2. The minimum Gasteiger partial charge on any atom is -0.462 e. The second-order valence-corrected chi connectivity index (χ2v) is 19.0. The summed E-state index contributed by atoms with van der Waals surface area (Å²) in [6.07, 6.45) is 63.1. The molecule has 0 spiro atoms. The summed E-state index contributed by atoms with van der Waals surface area (Å²) < 4.78 is 5.93. The van der Waals surface area contributed by atoms with Crippen molar-refractivity contribution in [3.05, 3.63) is 48.6 Å². The van der Waals surface area contributed by atoms with E-state index in [-0.39, 0.29) is 24.9 Å². The number of allylic oxidation sites excluding steroid dienone is 8. The van der Waals surface area contributed by atoms with Gasteiger partial charge in [-0.25, -0.2) is 0 Å². The first-order chi connectivity index (χ1) is 31.5. The number of esters is 1. The quantitative estimate of drug-likeness (QED) is 0.0321. The van der Waals surface area contributed by atoms with E-state index in [2.05, 4.69) is 74.7 Å². The van der Waals surface area contributed by atoms with Crippen molar-refractivity contribution in [2.24, 2.45) is 0 Å². The van der Waals surface area contributed by atoms with Gasteiger partial charge in [-0.15, -0.1) is 0 Å². The molecule has 0 aromatic carbocycles. The Morgan fingerprint density at radius 3 is 1.27 bits per heavy atom. The van der Waals surface area contributed by atoms with Gasteiger partial charge in [-0.05, 0) is 89.9 Å². The summed E-state index contributed by atoms with van der Waals surface area (Å²) in [6, 6.07) is -0.715. The molecule has 0 aliphatic rings. The zero-order chi connectivity index (χ0) is 46.7. The van der Waals surface area contributed by atoms with Crippen molar-refractivity contribution in [1.82, 2.24) is 5.32 Å². The van der Waals surface area contributed by atoms with E-state index in [1.165, 1.54) is 161 Å². The lowest BCUT2D eigenvalue weighted by molar-refractivity contribution is -0.151. The molecule has 6 nitrogen and oxygen atoms in total. The molecule has 0 saturated heterocycles. The number of carbonyl (C=O) groups is 2. The number of nitrogens with one attached hydrogen (secondary N) is 1. The SMILES string of the molecule is CCCCC/C=C\C/C=C\C/C=C\CCCCC(CC(=O)NC(CO)C(O)CCCCCCCCCCCCCCCC)OC(=O)CCCCCCC/C=C/CCCCCCCCC. The normalized spacial score (nSPS) is 13.5. The second kappa shape index (κ2) is 51.8. The van der Waals surface area contributed by atoms with E-state index in [1.54, 1.807) is 0 Å². The summed E-state index contributed by atoms with van der Waals surface area (Å²) in [4.78, 5) is 26.2. The van der Waals surface area contributed by atoms with Gasteiger partial charge >= 0.3 is 5.97 Å². The van der Waals surface area contributed by atoms with Gasteiger partial charge in [0.25, 0.3) is 0 Å². The summed E-state index contributed by atoms with van der Waals surface area (Å²) >= 11 is 0. The largest absolute Gasteiger partial charge is 0.462 e. The van der Waals surface area contributed by atoms with E-state index >= 15 is 0 Å². The number of ether oxygens (including phenoxy) is 1. The van der Waals surface area contributed by atoms with Crippen molar-refractivity contribution < 1.29 is 24.5 Å². The van der Waals surface area contributed by atoms with E-state index in [1.807, 2.05) is 0 Å². The topological polar surface area (TPSA) is 95.9 Å². The van der Waals surface area contributed by atoms with Crippen molar-refractivity contribution in [3.8, 4) is 0 Å². The fourth-order valence-electron chi connectivity index (χ4n) is 8.37. The summed E-state index contributed by atoms with van der Waals surface area (Å²) in [6.45, 7) is 6.46. The van der Waals surface area contributed by atoms with Crippen LogP contribution in [0.3, 0.4) is 0 Å². The molecular weight excluding hydrogens is 791 g/mol. The van der Waals surface area contributed by atoms with Gasteiger partial charge in [-0.2, -0.15) is 0 Å². The van der Waals surface area contributed by atoms with Crippen LogP contribution in [0.4, 0.5) is 0 Å². The van der Waals surface area contributed by atoms with Gasteiger partial charge in [0.15, 0.2) is 0 Å². The van der Waals surface area contributed by atoms with E-state index in [4.69, 9.17) is 4.74 Å². The summed E-state index contributed by atoms with van der Waals surface area (Å²) in [5, 5.41) is 23.8. The predicted octanol–water partition coefficient (Wildman–Crippen LogP) is 17.0. The van der Waals surface area contributed by atoms with Crippen molar-refractivity contribution in [3.63, 3.8) is 0 Å². The molecule has 1 amide bonds. The van der Waals surface area contributed by atoms with Crippen molar-refractivity contribution in [1.29, 1.82) is 0 Å². The Bertz CT molecular complexity index is 1100. The third-order valence-electron chi connectivity index (χ3n) is 12.6. The van der Waals surface area contributed by atoms with Crippen LogP contribution in [0.25, 0.3) is 0 Å². The van der Waals surface area contributed by atoms with Crippen LogP contribution < -0.4 is 5.32 Å². The molecule has 0 rings (SSSR count). The van der Waals surface area contributed by atoms with Crippen molar-refractivity contribution >= 4 is 11.9 Å². The maximum absolute atomic E-state index is 13.2. The van der Waals surface area contributed by atoms with Crippen LogP contribution in [0.2, 0.25) is 0 Å². The zero-order valence-corrected chi connectivity index (χ0v) is 42.7. The fourth-order valence-corrected chi connectivity index (χ4v) is 8.37. The second-order valence-electron chi connectivity index (χ2n) is 19.0.